The molecule has 1 fully saturated rings. The number of hydrogen-bond acceptors (Lipinski definition) is 4. The standard InChI is InChI=1S/C26H27N3O4/c1-17-4-10-22(18(2)14-17)29-25(32)28-21-8-5-19(6-9-21)20-7-11-23(27-15-20)33-16-26(24(30)31)12-3-13-26/h4-11,14-15H,3,12-13,16H2,1-2H3,(H,30,31)(H2,28,29,32). The fraction of sp³-hybridized carbons (Fsp3) is 0.269. The summed E-state index contributed by atoms with van der Waals surface area (Å²) in [5.41, 5.74) is 4.66. The van der Waals surface area contributed by atoms with Crippen LogP contribution in [0.2, 0.25) is 0 Å². The Morgan fingerprint density at radius 3 is 2.30 bits per heavy atom. The molecular formula is C26H27N3O4. The Hall–Kier alpha value is -3.87. The topological polar surface area (TPSA) is 101 Å². The van der Waals surface area contributed by atoms with Gasteiger partial charge >= 0.3 is 12.0 Å². The van der Waals surface area contributed by atoms with Gasteiger partial charge in [0.05, 0.1) is 0 Å². The summed E-state index contributed by atoms with van der Waals surface area (Å²) >= 11 is 0. The second-order valence-electron chi connectivity index (χ2n) is 8.59. The summed E-state index contributed by atoms with van der Waals surface area (Å²) in [6.07, 6.45) is 3.89. The molecule has 4 rings (SSSR count). The van der Waals surface area contributed by atoms with Crippen LogP contribution in [0.3, 0.4) is 0 Å². The predicted molar refractivity (Wildman–Crippen MR) is 128 cm³/mol. The number of nitrogens with one attached hydrogen (secondary N) is 2. The van der Waals surface area contributed by atoms with Crippen LogP contribution in [-0.2, 0) is 4.79 Å². The first-order valence-corrected chi connectivity index (χ1v) is 10.9. The molecule has 0 spiro atoms. The maximum atomic E-state index is 12.3. The van der Waals surface area contributed by atoms with Gasteiger partial charge in [-0.05, 0) is 62.1 Å². The van der Waals surface area contributed by atoms with E-state index in [0.717, 1.165) is 34.4 Å². The molecule has 2 aromatic carbocycles. The van der Waals surface area contributed by atoms with Crippen LogP contribution < -0.4 is 15.4 Å². The number of hydrogen-bond donors (Lipinski definition) is 3. The number of carboxylic acid groups (broad SMARTS) is 1. The highest BCUT2D eigenvalue weighted by Crippen LogP contribution is 2.41. The van der Waals surface area contributed by atoms with Gasteiger partial charge in [0.15, 0.2) is 0 Å². The number of aliphatic carboxylic acids is 1. The van der Waals surface area contributed by atoms with Gasteiger partial charge in [-0.3, -0.25) is 4.79 Å². The maximum absolute atomic E-state index is 12.3. The molecule has 0 unspecified atom stereocenters. The highest BCUT2D eigenvalue weighted by Gasteiger charge is 2.45. The second kappa shape index (κ2) is 9.32. The normalized spacial score (nSPS) is 14.1. The average Bonchev–Trinajstić information content (AvgIpc) is 2.76. The van der Waals surface area contributed by atoms with Crippen LogP contribution >= 0.6 is 0 Å². The molecule has 0 radical (unpaired) electrons. The van der Waals surface area contributed by atoms with E-state index in [2.05, 4.69) is 15.6 Å². The van der Waals surface area contributed by atoms with Crippen LogP contribution in [0.25, 0.3) is 11.1 Å². The first kappa shape index (κ1) is 22.3. The van der Waals surface area contributed by atoms with E-state index in [4.69, 9.17) is 4.74 Å². The summed E-state index contributed by atoms with van der Waals surface area (Å²) in [6.45, 7) is 4.11. The Labute approximate surface area is 192 Å². The Bertz CT molecular complexity index is 1150. The minimum atomic E-state index is -0.804. The number of aromatic nitrogens is 1. The lowest BCUT2D eigenvalue weighted by Crippen LogP contribution is -2.43. The van der Waals surface area contributed by atoms with Crippen molar-refractivity contribution in [3.05, 3.63) is 71.9 Å². The number of urea groups is 1. The zero-order chi connectivity index (χ0) is 23.4. The molecule has 7 nitrogen and oxygen atoms in total. The van der Waals surface area contributed by atoms with E-state index in [1.165, 1.54) is 0 Å². The summed E-state index contributed by atoms with van der Waals surface area (Å²) in [6, 6.07) is 16.6. The lowest BCUT2D eigenvalue weighted by atomic mass is 9.69. The number of anilines is 2. The Morgan fingerprint density at radius 2 is 1.73 bits per heavy atom. The molecule has 0 bridgehead atoms. The SMILES string of the molecule is Cc1ccc(NC(=O)Nc2ccc(-c3ccc(OCC4(C(=O)O)CCC4)nc3)cc2)c(C)c1. The molecule has 0 aliphatic heterocycles. The molecule has 0 atom stereocenters. The van der Waals surface area contributed by atoms with Gasteiger partial charge < -0.3 is 20.5 Å². The lowest BCUT2D eigenvalue weighted by Gasteiger charge is -2.36. The molecule has 1 aliphatic carbocycles. The van der Waals surface area contributed by atoms with E-state index in [0.29, 0.717) is 24.4 Å². The number of carbonyl (C=O) groups is 2. The second-order valence-corrected chi connectivity index (χ2v) is 8.59. The first-order chi connectivity index (χ1) is 15.8. The molecule has 3 N–H and O–H groups in total. The lowest BCUT2D eigenvalue weighted by molar-refractivity contribution is -0.157. The van der Waals surface area contributed by atoms with Crippen molar-refractivity contribution in [3.63, 3.8) is 0 Å². The summed E-state index contributed by atoms with van der Waals surface area (Å²) in [5, 5.41) is 15.1. The van der Waals surface area contributed by atoms with Gasteiger partial charge in [0.25, 0.3) is 0 Å². The number of ether oxygens (including phenoxy) is 1. The van der Waals surface area contributed by atoms with Gasteiger partial charge in [-0.25, -0.2) is 9.78 Å². The van der Waals surface area contributed by atoms with Gasteiger partial charge in [0.2, 0.25) is 5.88 Å². The van der Waals surface area contributed by atoms with E-state index < -0.39 is 11.4 Å². The van der Waals surface area contributed by atoms with Crippen LogP contribution in [-0.4, -0.2) is 28.7 Å². The molecule has 0 saturated heterocycles. The van der Waals surface area contributed by atoms with E-state index in [1.54, 1.807) is 12.3 Å². The summed E-state index contributed by atoms with van der Waals surface area (Å²) in [4.78, 5) is 28.1. The number of amides is 2. The largest absolute Gasteiger partial charge is 0.481 e. The number of benzene rings is 2. The number of carbonyl (C=O) groups excluding carboxylic acids is 1. The van der Waals surface area contributed by atoms with Crippen molar-refractivity contribution in [2.75, 3.05) is 17.2 Å². The number of rotatable bonds is 7. The fourth-order valence-corrected chi connectivity index (χ4v) is 3.86. The molecule has 170 valence electrons. The smallest absolute Gasteiger partial charge is 0.323 e. The molecule has 7 heteroatoms. The highest BCUT2D eigenvalue weighted by molar-refractivity contribution is 6.00. The minimum absolute atomic E-state index is 0.138. The van der Waals surface area contributed by atoms with Crippen molar-refractivity contribution in [1.82, 2.24) is 4.98 Å². The van der Waals surface area contributed by atoms with Crippen LogP contribution in [0.15, 0.2) is 60.8 Å². The Balaban J connectivity index is 1.34. The third-order valence-corrected chi connectivity index (χ3v) is 6.10. The molecular weight excluding hydrogens is 418 g/mol. The van der Waals surface area contributed by atoms with Crippen molar-refractivity contribution >= 4 is 23.4 Å². The maximum Gasteiger partial charge on any atom is 0.323 e. The van der Waals surface area contributed by atoms with E-state index in [9.17, 15) is 14.7 Å². The molecule has 1 heterocycles. The fourth-order valence-electron chi connectivity index (χ4n) is 3.86. The summed E-state index contributed by atoms with van der Waals surface area (Å²) in [5.74, 6) is -0.394. The molecule has 3 aromatic rings. The Morgan fingerprint density at radius 1 is 1.00 bits per heavy atom. The van der Waals surface area contributed by atoms with Crippen LogP contribution in [0.1, 0.15) is 30.4 Å². The number of pyridine rings is 1. The average molecular weight is 446 g/mol. The van der Waals surface area contributed by atoms with E-state index >= 15 is 0 Å². The van der Waals surface area contributed by atoms with Crippen LogP contribution in [0.5, 0.6) is 5.88 Å². The first-order valence-electron chi connectivity index (χ1n) is 10.9. The molecule has 33 heavy (non-hydrogen) atoms. The molecule has 1 saturated carbocycles. The monoisotopic (exact) mass is 445 g/mol. The van der Waals surface area contributed by atoms with Gasteiger partial charge in [-0.1, -0.05) is 36.2 Å². The quantitative estimate of drug-likeness (QED) is 0.437. The third kappa shape index (κ3) is 5.14. The molecule has 1 aliphatic rings. The van der Waals surface area contributed by atoms with Crippen molar-refractivity contribution in [2.24, 2.45) is 5.41 Å². The number of nitrogens with zero attached hydrogens (tertiary/aromatic N) is 1. The van der Waals surface area contributed by atoms with Crippen LogP contribution in [0, 0.1) is 19.3 Å². The van der Waals surface area contributed by atoms with Crippen molar-refractivity contribution in [3.8, 4) is 17.0 Å². The molecule has 2 amide bonds. The van der Waals surface area contributed by atoms with Crippen molar-refractivity contribution in [2.45, 2.75) is 33.1 Å². The number of aryl methyl sites for hydroxylation is 2. The van der Waals surface area contributed by atoms with Crippen LogP contribution in [0.4, 0.5) is 16.2 Å². The number of carboxylic acids is 1. The zero-order valence-electron chi connectivity index (χ0n) is 18.7. The summed E-state index contributed by atoms with van der Waals surface area (Å²) < 4.78 is 5.65. The van der Waals surface area contributed by atoms with E-state index in [-0.39, 0.29) is 12.6 Å². The highest BCUT2D eigenvalue weighted by atomic mass is 16.5. The van der Waals surface area contributed by atoms with Crippen molar-refractivity contribution in [1.29, 1.82) is 0 Å². The van der Waals surface area contributed by atoms with Gasteiger partial charge in [-0.2, -0.15) is 0 Å². The summed E-state index contributed by atoms with van der Waals surface area (Å²) in [7, 11) is 0. The van der Waals surface area contributed by atoms with Gasteiger partial charge in [0.1, 0.15) is 12.0 Å². The Kier molecular flexibility index (Phi) is 6.31. The zero-order valence-corrected chi connectivity index (χ0v) is 18.7. The minimum Gasteiger partial charge on any atom is -0.481 e. The van der Waals surface area contributed by atoms with Crippen molar-refractivity contribution < 1.29 is 19.4 Å². The van der Waals surface area contributed by atoms with Gasteiger partial charge in [0, 0.05) is 29.2 Å². The third-order valence-electron chi connectivity index (χ3n) is 6.10. The van der Waals surface area contributed by atoms with Gasteiger partial charge in [-0.15, -0.1) is 0 Å². The molecule has 1 aromatic heterocycles. The van der Waals surface area contributed by atoms with E-state index in [1.807, 2.05) is 62.4 Å². The predicted octanol–water partition coefficient (Wildman–Crippen LogP) is 5.64.